The Bertz CT molecular complexity index is 940. The second-order valence-corrected chi connectivity index (χ2v) is 7.46. The highest BCUT2D eigenvalue weighted by Crippen LogP contribution is 2.25. The highest BCUT2D eigenvalue weighted by Gasteiger charge is 2.18. The van der Waals surface area contributed by atoms with Crippen molar-refractivity contribution in [2.45, 2.75) is 39.9 Å². The van der Waals surface area contributed by atoms with Crippen LogP contribution in [0.3, 0.4) is 0 Å². The van der Waals surface area contributed by atoms with Gasteiger partial charge in [0.25, 0.3) is 0 Å². The molecule has 3 aromatic rings. The molecule has 2 aromatic heterocycles. The fourth-order valence-corrected chi connectivity index (χ4v) is 3.85. The van der Waals surface area contributed by atoms with Crippen molar-refractivity contribution in [3.05, 3.63) is 62.8 Å². The van der Waals surface area contributed by atoms with E-state index in [1.807, 2.05) is 56.5 Å². The molecule has 0 saturated carbocycles. The van der Waals surface area contributed by atoms with Crippen LogP contribution in [0.25, 0.3) is 5.69 Å². The van der Waals surface area contributed by atoms with Crippen LogP contribution in [0.4, 0.5) is 0 Å². The van der Waals surface area contributed by atoms with Crippen LogP contribution in [-0.4, -0.2) is 27.3 Å². The molecule has 0 N–H and O–H groups in total. The van der Waals surface area contributed by atoms with Crippen molar-refractivity contribution >= 4 is 28.9 Å². The monoisotopic (exact) mass is 419 g/mol. The second-order valence-electron chi connectivity index (χ2n) is 6.21. The van der Waals surface area contributed by atoms with Gasteiger partial charge in [-0.15, -0.1) is 11.3 Å². The standard InChI is InChI=1S/C20H22ClN3O3S/c1-4-26-14(3)20-22-15(12-28-20)10-18(25)27-11-17-13(2)23-24(19(17)21)16-8-6-5-7-9-16/h5-9,12,14H,4,10-11H2,1-3H3. The van der Waals surface area contributed by atoms with Crippen molar-refractivity contribution in [2.24, 2.45) is 0 Å². The Morgan fingerprint density at radius 1 is 1.32 bits per heavy atom. The predicted molar refractivity (Wildman–Crippen MR) is 109 cm³/mol. The lowest BCUT2D eigenvalue weighted by Gasteiger charge is -2.07. The topological polar surface area (TPSA) is 66.2 Å². The number of hydrogen-bond donors (Lipinski definition) is 0. The zero-order valence-corrected chi connectivity index (χ0v) is 17.6. The summed E-state index contributed by atoms with van der Waals surface area (Å²) in [4.78, 5) is 16.7. The number of benzene rings is 1. The number of halogens is 1. The van der Waals surface area contributed by atoms with E-state index in [0.717, 1.165) is 16.4 Å². The fraction of sp³-hybridized carbons (Fsp3) is 0.350. The number of aromatic nitrogens is 3. The predicted octanol–water partition coefficient (Wildman–Crippen LogP) is 4.67. The van der Waals surface area contributed by atoms with Crippen molar-refractivity contribution in [1.82, 2.24) is 14.8 Å². The summed E-state index contributed by atoms with van der Waals surface area (Å²) in [6.07, 6.45) is 0.0313. The van der Waals surface area contributed by atoms with Crippen LogP contribution >= 0.6 is 22.9 Å². The van der Waals surface area contributed by atoms with E-state index < -0.39 is 0 Å². The lowest BCUT2D eigenvalue weighted by Crippen LogP contribution is -2.09. The molecule has 6 nitrogen and oxygen atoms in total. The Balaban J connectivity index is 1.62. The Morgan fingerprint density at radius 3 is 2.79 bits per heavy atom. The van der Waals surface area contributed by atoms with Gasteiger partial charge in [0.1, 0.15) is 22.9 Å². The summed E-state index contributed by atoms with van der Waals surface area (Å²) < 4.78 is 12.6. The van der Waals surface area contributed by atoms with Gasteiger partial charge in [-0.05, 0) is 32.9 Å². The van der Waals surface area contributed by atoms with Crippen LogP contribution in [0.15, 0.2) is 35.7 Å². The van der Waals surface area contributed by atoms with Crippen molar-refractivity contribution < 1.29 is 14.3 Å². The maximum atomic E-state index is 12.2. The molecule has 0 bridgehead atoms. The third-order valence-corrected chi connectivity index (χ3v) is 5.60. The zero-order valence-electron chi connectivity index (χ0n) is 16.0. The first-order valence-electron chi connectivity index (χ1n) is 9.00. The molecule has 0 spiro atoms. The molecule has 1 atom stereocenters. The minimum Gasteiger partial charge on any atom is -0.460 e. The van der Waals surface area contributed by atoms with Gasteiger partial charge >= 0.3 is 5.97 Å². The third-order valence-electron chi connectivity index (χ3n) is 4.16. The summed E-state index contributed by atoms with van der Waals surface area (Å²) >= 11 is 7.94. The lowest BCUT2D eigenvalue weighted by molar-refractivity contribution is -0.144. The van der Waals surface area contributed by atoms with Crippen molar-refractivity contribution in [2.75, 3.05) is 6.61 Å². The molecule has 8 heteroatoms. The number of rotatable bonds is 8. The van der Waals surface area contributed by atoms with E-state index in [9.17, 15) is 4.79 Å². The molecule has 0 saturated heterocycles. The number of nitrogens with zero attached hydrogens (tertiary/aromatic N) is 3. The molecule has 1 aromatic carbocycles. The Labute approximate surface area is 173 Å². The average molecular weight is 420 g/mol. The van der Waals surface area contributed by atoms with Crippen LogP contribution in [0.1, 0.15) is 41.9 Å². The largest absolute Gasteiger partial charge is 0.460 e. The molecule has 0 aliphatic rings. The van der Waals surface area contributed by atoms with Gasteiger partial charge in [0, 0.05) is 17.6 Å². The smallest absolute Gasteiger partial charge is 0.312 e. The quantitative estimate of drug-likeness (QED) is 0.496. The first-order valence-corrected chi connectivity index (χ1v) is 10.3. The molecule has 0 radical (unpaired) electrons. The molecule has 0 amide bonds. The lowest BCUT2D eigenvalue weighted by atomic mass is 10.3. The molecule has 3 rings (SSSR count). The van der Waals surface area contributed by atoms with E-state index in [1.54, 1.807) is 4.68 Å². The SMILES string of the molecule is CCOC(C)c1nc(CC(=O)OCc2c(C)nn(-c3ccccc3)c2Cl)cs1. The van der Waals surface area contributed by atoms with E-state index in [1.165, 1.54) is 11.3 Å². The fourth-order valence-electron chi connectivity index (χ4n) is 2.70. The first kappa shape index (κ1) is 20.5. The number of para-hydroxylation sites is 1. The Kier molecular flexibility index (Phi) is 6.83. The zero-order chi connectivity index (χ0) is 20.1. The summed E-state index contributed by atoms with van der Waals surface area (Å²) in [5, 5.41) is 7.61. The van der Waals surface area contributed by atoms with Gasteiger partial charge in [0.2, 0.25) is 0 Å². The Hall–Kier alpha value is -2.22. The number of thiazole rings is 1. The molecule has 0 aliphatic carbocycles. The minimum atomic E-state index is -0.358. The molecule has 28 heavy (non-hydrogen) atoms. The van der Waals surface area contributed by atoms with Crippen molar-refractivity contribution in [1.29, 1.82) is 0 Å². The van der Waals surface area contributed by atoms with Gasteiger partial charge < -0.3 is 9.47 Å². The number of hydrogen-bond acceptors (Lipinski definition) is 6. The summed E-state index contributed by atoms with van der Waals surface area (Å²) in [7, 11) is 0. The third kappa shape index (κ3) is 4.79. The molecule has 1 unspecified atom stereocenters. The number of aryl methyl sites for hydroxylation is 1. The van der Waals surface area contributed by atoms with Gasteiger partial charge in [-0.1, -0.05) is 29.8 Å². The van der Waals surface area contributed by atoms with E-state index in [4.69, 9.17) is 21.1 Å². The van der Waals surface area contributed by atoms with Gasteiger partial charge in [-0.3, -0.25) is 4.79 Å². The van der Waals surface area contributed by atoms with E-state index in [-0.39, 0.29) is 25.1 Å². The maximum absolute atomic E-state index is 12.2. The average Bonchev–Trinajstić information content (AvgIpc) is 3.26. The Morgan fingerprint density at radius 2 is 2.07 bits per heavy atom. The van der Waals surface area contributed by atoms with E-state index in [2.05, 4.69) is 10.1 Å². The molecular weight excluding hydrogens is 398 g/mol. The summed E-state index contributed by atoms with van der Waals surface area (Å²) in [5.41, 5.74) is 2.96. The van der Waals surface area contributed by atoms with Crippen LogP contribution in [0.5, 0.6) is 0 Å². The molecule has 2 heterocycles. The second kappa shape index (κ2) is 9.32. The number of esters is 1. The first-order chi connectivity index (χ1) is 13.5. The number of ether oxygens (including phenoxy) is 2. The molecule has 0 fully saturated rings. The molecule has 0 aliphatic heterocycles. The minimum absolute atomic E-state index is 0.0721. The molecular formula is C20H22ClN3O3S. The van der Waals surface area contributed by atoms with Crippen LogP contribution < -0.4 is 0 Å². The normalized spacial score (nSPS) is 12.1. The van der Waals surface area contributed by atoms with Gasteiger partial charge in [0.15, 0.2) is 0 Å². The molecule has 148 valence electrons. The van der Waals surface area contributed by atoms with Crippen LogP contribution in [0, 0.1) is 6.92 Å². The summed E-state index contributed by atoms with van der Waals surface area (Å²) in [6.45, 7) is 6.42. The van der Waals surface area contributed by atoms with Gasteiger partial charge in [0.05, 0.1) is 23.5 Å². The van der Waals surface area contributed by atoms with Gasteiger partial charge in [-0.25, -0.2) is 9.67 Å². The highest BCUT2D eigenvalue weighted by atomic mass is 35.5. The summed E-state index contributed by atoms with van der Waals surface area (Å²) in [5.74, 6) is -0.358. The van der Waals surface area contributed by atoms with Crippen molar-refractivity contribution in [3.8, 4) is 5.69 Å². The number of carbonyl (C=O) groups excluding carboxylic acids is 1. The van der Waals surface area contributed by atoms with E-state index >= 15 is 0 Å². The highest BCUT2D eigenvalue weighted by molar-refractivity contribution is 7.09. The van der Waals surface area contributed by atoms with Crippen molar-refractivity contribution in [3.63, 3.8) is 0 Å². The van der Waals surface area contributed by atoms with Gasteiger partial charge in [-0.2, -0.15) is 5.10 Å². The van der Waals surface area contributed by atoms with Crippen LogP contribution in [0.2, 0.25) is 5.15 Å². The summed E-state index contributed by atoms with van der Waals surface area (Å²) in [6, 6.07) is 9.58. The maximum Gasteiger partial charge on any atom is 0.312 e. The number of carbonyl (C=O) groups is 1. The van der Waals surface area contributed by atoms with E-state index in [0.29, 0.717) is 23.0 Å². The van der Waals surface area contributed by atoms with Crippen LogP contribution in [-0.2, 0) is 27.3 Å².